The largest absolute Gasteiger partial charge is 0.302 e. The molecular weight excluding hydrogens is 260 g/mol. The maximum Gasteiger partial charge on any atom is 0.151 e. The van der Waals surface area contributed by atoms with E-state index < -0.39 is 0 Å². The molecule has 3 nitrogen and oxygen atoms in total. The molecule has 98 valence electrons. The predicted molar refractivity (Wildman–Crippen MR) is 76.9 cm³/mol. The van der Waals surface area contributed by atoms with Crippen LogP contribution >= 0.6 is 11.6 Å². The van der Waals surface area contributed by atoms with Crippen molar-refractivity contribution in [1.29, 1.82) is 0 Å². The van der Waals surface area contributed by atoms with Crippen molar-refractivity contribution in [2.75, 3.05) is 13.6 Å². The molecule has 1 aromatic carbocycles. The number of fused-ring (bicyclic) bond motifs is 2. The lowest BCUT2D eigenvalue weighted by atomic mass is 9.95. The molecule has 19 heavy (non-hydrogen) atoms. The van der Waals surface area contributed by atoms with E-state index in [1.54, 1.807) is 0 Å². The van der Waals surface area contributed by atoms with Crippen molar-refractivity contribution >= 4 is 28.8 Å². The van der Waals surface area contributed by atoms with E-state index in [4.69, 9.17) is 16.6 Å². The summed E-state index contributed by atoms with van der Waals surface area (Å²) in [5.41, 5.74) is 4.68. The van der Waals surface area contributed by atoms with Crippen molar-refractivity contribution < 1.29 is 4.79 Å². The minimum atomic E-state index is 0.699. The van der Waals surface area contributed by atoms with E-state index in [1.807, 2.05) is 19.1 Å². The number of aryl methyl sites for hydroxylation is 1. The molecule has 0 saturated heterocycles. The Morgan fingerprint density at radius 2 is 2.21 bits per heavy atom. The number of hydrogen-bond donors (Lipinski definition) is 0. The Hall–Kier alpha value is -1.45. The van der Waals surface area contributed by atoms with E-state index in [9.17, 15) is 4.79 Å². The molecule has 0 N–H and O–H groups in total. The van der Waals surface area contributed by atoms with E-state index in [2.05, 4.69) is 11.9 Å². The van der Waals surface area contributed by atoms with Crippen LogP contribution in [-0.4, -0.2) is 29.8 Å². The zero-order chi connectivity index (χ0) is 13.6. The van der Waals surface area contributed by atoms with Crippen molar-refractivity contribution in [2.24, 2.45) is 0 Å². The van der Waals surface area contributed by atoms with Crippen LogP contribution < -0.4 is 0 Å². The van der Waals surface area contributed by atoms with Crippen LogP contribution in [0.1, 0.15) is 27.2 Å². The summed E-state index contributed by atoms with van der Waals surface area (Å²) in [6.45, 7) is 3.71. The number of halogens is 1. The van der Waals surface area contributed by atoms with Gasteiger partial charge in [-0.05, 0) is 31.2 Å². The zero-order valence-electron chi connectivity index (χ0n) is 11.0. The number of carbonyl (C=O) groups excluding carboxylic acids is 1. The Bertz CT molecular complexity index is 682. The first-order chi connectivity index (χ1) is 9.11. The molecule has 0 unspecified atom stereocenters. The molecule has 0 amide bonds. The first kappa shape index (κ1) is 12.6. The fourth-order valence-electron chi connectivity index (χ4n) is 2.72. The minimum Gasteiger partial charge on any atom is -0.302 e. The summed E-state index contributed by atoms with van der Waals surface area (Å²) < 4.78 is 0. The van der Waals surface area contributed by atoms with Crippen molar-refractivity contribution in [1.82, 2.24) is 9.88 Å². The highest BCUT2D eigenvalue weighted by Gasteiger charge is 2.21. The van der Waals surface area contributed by atoms with Gasteiger partial charge in [-0.1, -0.05) is 17.7 Å². The quantitative estimate of drug-likeness (QED) is 0.750. The second kappa shape index (κ2) is 4.58. The zero-order valence-corrected chi connectivity index (χ0v) is 11.8. The lowest BCUT2D eigenvalue weighted by Gasteiger charge is -2.26. The van der Waals surface area contributed by atoms with E-state index in [0.29, 0.717) is 5.02 Å². The highest BCUT2D eigenvalue weighted by atomic mass is 35.5. The molecule has 0 fully saturated rings. The van der Waals surface area contributed by atoms with Crippen LogP contribution in [0.3, 0.4) is 0 Å². The monoisotopic (exact) mass is 274 g/mol. The third kappa shape index (κ3) is 1.94. The summed E-state index contributed by atoms with van der Waals surface area (Å²) in [5.74, 6) is 0. The number of likely N-dealkylation sites (N-methyl/N-ethyl adjacent to an activating group) is 1. The van der Waals surface area contributed by atoms with Crippen LogP contribution in [0.5, 0.6) is 0 Å². The number of carbonyl (C=O) groups is 1. The molecule has 4 heteroatoms. The van der Waals surface area contributed by atoms with Crippen molar-refractivity contribution in [3.63, 3.8) is 0 Å². The molecule has 1 aliphatic rings. The molecule has 0 bridgehead atoms. The van der Waals surface area contributed by atoms with Crippen LogP contribution in [0.25, 0.3) is 10.9 Å². The second-order valence-electron chi connectivity index (χ2n) is 5.12. The van der Waals surface area contributed by atoms with Gasteiger partial charge < -0.3 is 4.90 Å². The fraction of sp³-hybridized carbons (Fsp3) is 0.333. The van der Waals surface area contributed by atoms with Gasteiger partial charge >= 0.3 is 0 Å². The van der Waals surface area contributed by atoms with Gasteiger partial charge in [0.25, 0.3) is 0 Å². The topological polar surface area (TPSA) is 33.2 Å². The lowest BCUT2D eigenvalue weighted by Crippen LogP contribution is -2.28. The van der Waals surface area contributed by atoms with Gasteiger partial charge in [0.1, 0.15) is 0 Å². The first-order valence-electron chi connectivity index (χ1n) is 6.36. The Labute approximate surface area is 117 Å². The Kier molecular flexibility index (Phi) is 3.03. The average Bonchev–Trinajstić information content (AvgIpc) is 2.41. The summed E-state index contributed by atoms with van der Waals surface area (Å²) in [6.07, 6.45) is 1.84. The third-order valence-electron chi connectivity index (χ3n) is 3.85. The van der Waals surface area contributed by atoms with E-state index in [0.717, 1.165) is 59.1 Å². The summed E-state index contributed by atoms with van der Waals surface area (Å²) >= 11 is 6.15. The molecule has 0 radical (unpaired) electrons. The molecule has 3 rings (SSSR count). The minimum absolute atomic E-state index is 0.699. The number of benzene rings is 1. The Morgan fingerprint density at radius 3 is 2.95 bits per heavy atom. The number of rotatable bonds is 1. The molecule has 2 heterocycles. The highest BCUT2D eigenvalue weighted by Crippen LogP contribution is 2.30. The normalized spacial score (nSPS) is 15.5. The Morgan fingerprint density at radius 1 is 1.42 bits per heavy atom. The summed E-state index contributed by atoms with van der Waals surface area (Å²) in [6, 6.07) is 3.74. The third-order valence-corrected chi connectivity index (χ3v) is 4.26. The molecule has 0 atom stereocenters. The van der Waals surface area contributed by atoms with Gasteiger partial charge in [0.05, 0.1) is 5.52 Å². The summed E-state index contributed by atoms with van der Waals surface area (Å²) in [7, 11) is 2.06. The maximum absolute atomic E-state index is 11.5. The fourth-order valence-corrected chi connectivity index (χ4v) is 2.87. The number of nitrogens with zero attached hydrogens (tertiary/aromatic N) is 2. The van der Waals surface area contributed by atoms with Crippen LogP contribution in [0.4, 0.5) is 0 Å². The van der Waals surface area contributed by atoms with E-state index >= 15 is 0 Å². The van der Waals surface area contributed by atoms with Crippen LogP contribution in [0.15, 0.2) is 12.1 Å². The molecule has 0 saturated carbocycles. The standard InChI is InChI=1S/C15H15ClN2O/c1-9-13(16)4-3-10-12(8-19)11-7-18(2)6-5-14(11)17-15(9)10/h3-4,8H,5-7H2,1-2H3. The maximum atomic E-state index is 11.5. The lowest BCUT2D eigenvalue weighted by molar-refractivity contribution is 0.112. The van der Waals surface area contributed by atoms with Crippen molar-refractivity contribution in [3.05, 3.63) is 39.5 Å². The van der Waals surface area contributed by atoms with E-state index in [1.165, 1.54) is 0 Å². The molecule has 0 spiro atoms. The molecule has 1 aliphatic heterocycles. The highest BCUT2D eigenvalue weighted by molar-refractivity contribution is 6.32. The SMILES string of the molecule is Cc1c(Cl)ccc2c(C=O)c3c(nc12)CCN(C)C3. The van der Waals surface area contributed by atoms with Gasteiger partial charge in [0.15, 0.2) is 6.29 Å². The van der Waals surface area contributed by atoms with Gasteiger partial charge in [-0.3, -0.25) is 9.78 Å². The molecule has 1 aromatic heterocycles. The average molecular weight is 275 g/mol. The molecule has 2 aromatic rings. The smallest absolute Gasteiger partial charge is 0.151 e. The Balaban J connectivity index is 2.38. The number of aldehydes is 1. The van der Waals surface area contributed by atoms with Crippen molar-refractivity contribution in [2.45, 2.75) is 19.9 Å². The summed E-state index contributed by atoms with van der Waals surface area (Å²) in [5, 5.41) is 1.61. The molecular formula is C15H15ClN2O. The van der Waals surface area contributed by atoms with Gasteiger partial charge in [0.2, 0.25) is 0 Å². The second-order valence-corrected chi connectivity index (χ2v) is 5.53. The number of aromatic nitrogens is 1. The number of pyridine rings is 1. The van der Waals surface area contributed by atoms with E-state index in [-0.39, 0.29) is 0 Å². The first-order valence-corrected chi connectivity index (χ1v) is 6.74. The number of hydrogen-bond acceptors (Lipinski definition) is 3. The summed E-state index contributed by atoms with van der Waals surface area (Å²) in [4.78, 5) is 18.5. The predicted octanol–water partition coefficient (Wildman–Crippen LogP) is 3.00. The van der Waals surface area contributed by atoms with Crippen LogP contribution in [0.2, 0.25) is 5.02 Å². The van der Waals surface area contributed by atoms with Crippen LogP contribution in [-0.2, 0) is 13.0 Å². The van der Waals surface area contributed by atoms with Gasteiger partial charge in [-0.15, -0.1) is 0 Å². The van der Waals surface area contributed by atoms with Crippen molar-refractivity contribution in [3.8, 4) is 0 Å². The van der Waals surface area contributed by atoms with Gasteiger partial charge in [0, 0.05) is 41.2 Å². The van der Waals surface area contributed by atoms with Crippen LogP contribution in [0, 0.1) is 6.92 Å². The molecule has 0 aliphatic carbocycles. The van der Waals surface area contributed by atoms with Gasteiger partial charge in [-0.25, -0.2) is 0 Å². The van der Waals surface area contributed by atoms with Gasteiger partial charge in [-0.2, -0.15) is 0 Å².